The first kappa shape index (κ1) is 20.0. The molecule has 1 saturated heterocycles. The Hall–Kier alpha value is -2.74. The van der Waals surface area contributed by atoms with Crippen LogP contribution in [0.2, 0.25) is 0 Å². The maximum atomic E-state index is 12.8. The van der Waals surface area contributed by atoms with E-state index in [4.69, 9.17) is 4.74 Å². The zero-order valence-corrected chi connectivity index (χ0v) is 16.8. The van der Waals surface area contributed by atoms with Gasteiger partial charge in [-0.15, -0.1) is 0 Å². The standard InChI is InChI=1S/C20H23N3O4S/c1-14-3-4-15(20(24)22-7-9-28-10-8-22)12-18(14)21-13-16-11-17(23(25)26)5-6-19(16)27-2/h3-6,11-12,21H,7-10,13H2,1-2H3. The van der Waals surface area contributed by atoms with Crippen LogP contribution in [0.15, 0.2) is 36.4 Å². The summed E-state index contributed by atoms with van der Waals surface area (Å²) < 4.78 is 5.31. The van der Waals surface area contributed by atoms with Crippen LogP contribution < -0.4 is 10.1 Å². The number of ether oxygens (including phenoxy) is 1. The van der Waals surface area contributed by atoms with Gasteiger partial charge in [0, 0.05) is 60.1 Å². The predicted octanol–water partition coefficient (Wildman–Crippen LogP) is 3.71. The number of nitrogens with one attached hydrogen (secondary N) is 1. The van der Waals surface area contributed by atoms with E-state index >= 15 is 0 Å². The summed E-state index contributed by atoms with van der Waals surface area (Å²) >= 11 is 1.86. The average Bonchev–Trinajstić information content (AvgIpc) is 2.73. The number of carbonyl (C=O) groups excluding carboxylic acids is 1. The van der Waals surface area contributed by atoms with Crippen molar-refractivity contribution in [2.75, 3.05) is 37.0 Å². The molecule has 0 unspecified atom stereocenters. The first-order valence-corrected chi connectivity index (χ1v) is 10.2. The Kier molecular flexibility index (Phi) is 6.41. The number of anilines is 1. The van der Waals surface area contributed by atoms with Gasteiger partial charge >= 0.3 is 0 Å². The number of nitro groups is 1. The Bertz CT molecular complexity index is 882. The molecule has 1 heterocycles. The summed E-state index contributed by atoms with van der Waals surface area (Å²) in [5.41, 5.74) is 3.16. The number of aryl methyl sites for hydroxylation is 1. The first-order chi connectivity index (χ1) is 13.5. The van der Waals surface area contributed by atoms with Gasteiger partial charge in [-0.25, -0.2) is 0 Å². The lowest BCUT2D eigenvalue weighted by Crippen LogP contribution is -2.37. The molecule has 3 rings (SSSR count). The van der Waals surface area contributed by atoms with Crippen LogP contribution in [0.5, 0.6) is 5.75 Å². The number of hydrogen-bond acceptors (Lipinski definition) is 6. The number of thioether (sulfide) groups is 1. The quantitative estimate of drug-likeness (QED) is 0.587. The molecule has 0 atom stereocenters. The fraction of sp³-hybridized carbons (Fsp3) is 0.350. The minimum Gasteiger partial charge on any atom is -0.496 e. The third kappa shape index (κ3) is 4.56. The fourth-order valence-corrected chi connectivity index (χ4v) is 4.00. The van der Waals surface area contributed by atoms with Crippen molar-refractivity contribution in [2.45, 2.75) is 13.5 Å². The number of methoxy groups -OCH3 is 1. The molecule has 2 aromatic carbocycles. The summed E-state index contributed by atoms with van der Waals surface area (Å²) in [6, 6.07) is 10.1. The zero-order valence-electron chi connectivity index (χ0n) is 15.9. The number of nitro benzene ring substituents is 1. The van der Waals surface area contributed by atoms with Crippen LogP contribution in [0.3, 0.4) is 0 Å². The highest BCUT2D eigenvalue weighted by Gasteiger charge is 2.19. The van der Waals surface area contributed by atoms with E-state index in [1.165, 1.54) is 19.2 Å². The summed E-state index contributed by atoms with van der Waals surface area (Å²) in [5.74, 6) is 2.55. The Labute approximate surface area is 168 Å². The molecule has 1 aliphatic rings. The second-order valence-electron chi connectivity index (χ2n) is 6.54. The highest BCUT2D eigenvalue weighted by molar-refractivity contribution is 7.99. The Morgan fingerprint density at radius 3 is 2.68 bits per heavy atom. The van der Waals surface area contributed by atoms with Gasteiger partial charge < -0.3 is 15.0 Å². The molecule has 0 aliphatic carbocycles. The largest absolute Gasteiger partial charge is 0.496 e. The van der Waals surface area contributed by atoms with E-state index < -0.39 is 4.92 Å². The van der Waals surface area contributed by atoms with Gasteiger partial charge in [-0.1, -0.05) is 6.07 Å². The van der Waals surface area contributed by atoms with E-state index in [-0.39, 0.29) is 11.6 Å². The lowest BCUT2D eigenvalue weighted by atomic mass is 10.1. The molecule has 28 heavy (non-hydrogen) atoms. The van der Waals surface area contributed by atoms with Gasteiger partial charge in [0.2, 0.25) is 0 Å². The van der Waals surface area contributed by atoms with E-state index in [9.17, 15) is 14.9 Å². The summed E-state index contributed by atoms with van der Waals surface area (Å²) in [6.07, 6.45) is 0. The number of carbonyl (C=O) groups is 1. The smallest absolute Gasteiger partial charge is 0.270 e. The summed E-state index contributed by atoms with van der Waals surface area (Å²) in [5, 5.41) is 14.3. The summed E-state index contributed by atoms with van der Waals surface area (Å²) in [6.45, 7) is 3.85. The lowest BCUT2D eigenvalue weighted by molar-refractivity contribution is -0.384. The topological polar surface area (TPSA) is 84.7 Å². The van der Waals surface area contributed by atoms with Crippen molar-refractivity contribution in [3.8, 4) is 5.75 Å². The van der Waals surface area contributed by atoms with Crippen molar-refractivity contribution >= 4 is 29.0 Å². The minimum absolute atomic E-state index is 0.0150. The van der Waals surface area contributed by atoms with Crippen LogP contribution in [0.1, 0.15) is 21.5 Å². The molecule has 0 bridgehead atoms. The summed E-state index contributed by atoms with van der Waals surface area (Å²) in [7, 11) is 1.53. The maximum absolute atomic E-state index is 12.8. The Morgan fingerprint density at radius 1 is 1.25 bits per heavy atom. The van der Waals surface area contributed by atoms with Crippen molar-refractivity contribution in [2.24, 2.45) is 0 Å². The van der Waals surface area contributed by atoms with Gasteiger partial charge in [0.1, 0.15) is 5.75 Å². The normalized spacial score (nSPS) is 13.9. The molecule has 148 valence electrons. The number of amides is 1. The van der Waals surface area contributed by atoms with Gasteiger partial charge in [0.05, 0.1) is 12.0 Å². The predicted molar refractivity (Wildman–Crippen MR) is 111 cm³/mol. The van der Waals surface area contributed by atoms with Crippen molar-refractivity contribution in [3.05, 3.63) is 63.2 Å². The molecule has 8 heteroatoms. The van der Waals surface area contributed by atoms with Crippen LogP contribution >= 0.6 is 11.8 Å². The molecule has 0 saturated carbocycles. The number of nitrogens with zero attached hydrogens (tertiary/aromatic N) is 2. The minimum atomic E-state index is -0.426. The van der Waals surface area contributed by atoms with Crippen molar-refractivity contribution < 1.29 is 14.5 Å². The average molecular weight is 401 g/mol. The molecule has 0 aromatic heterocycles. The molecule has 1 N–H and O–H groups in total. The van der Waals surface area contributed by atoms with Crippen LogP contribution in [0.25, 0.3) is 0 Å². The molecule has 1 fully saturated rings. The highest BCUT2D eigenvalue weighted by Crippen LogP contribution is 2.26. The van der Waals surface area contributed by atoms with Crippen LogP contribution in [0.4, 0.5) is 11.4 Å². The second-order valence-corrected chi connectivity index (χ2v) is 7.77. The van der Waals surface area contributed by atoms with Crippen LogP contribution in [0, 0.1) is 17.0 Å². The highest BCUT2D eigenvalue weighted by atomic mass is 32.2. The Morgan fingerprint density at radius 2 is 2.00 bits per heavy atom. The van der Waals surface area contributed by atoms with Gasteiger partial charge in [-0.3, -0.25) is 14.9 Å². The van der Waals surface area contributed by atoms with E-state index in [0.29, 0.717) is 23.4 Å². The molecule has 1 aliphatic heterocycles. The van der Waals surface area contributed by atoms with Gasteiger partial charge in [-0.2, -0.15) is 11.8 Å². The third-order valence-corrected chi connectivity index (χ3v) is 5.67. The Balaban J connectivity index is 1.78. The van der Waals surface area contributed by atoms with Crippen molar-refractivity contribution in [3.63, 3.8) is 0 Å². The molecule has 2 aromatic rings. The van der Waals surface area contributed by atoms with E-state index in [1.54, 1.807) is 6.07 Å². The van der Waals surface area contributed by atoms with Crippen molar-refractivity contribution in [1.29, 1.82) is 0 Å². The monoisotopic (exact) mass is 401 g/mol. The van der Waals surface area contributed by atoms with E-state index in [0.717, 1.165) is 35.8 Å². The van der Waals surface area contributed by atoms with Crippen LogP contribution in [-0.4, -0.2) is 47.4 Å². The maximum Gasteiger partial charge on any atom is 0.270 e. The lowest BCUT2D eigenvalue weighted by Gasteiger charge is -2.26. The number of rotatable bonds is 6. The van der Waals surface area contributed by atoms with Crippen LogP contribution in [-0.2, 0) is 6.54 Å². The van der Waals surface area contributed by atoms with Gasteiger partial charge in [-0.05, 0) is 30.7 Å². The van der Waals surface area contributed by atoms with Crippen molar-refractivity contribution in [1.82, 2.24) is 4.90 Å². The first-order valence-electron chi connectivity index (χ1n) is 9.02. The van der Waals surface area contributed by atoms with Gasteiger partial charge in [0.15, 0.2) is 0 Å². The molecule has 0 radical (unpaired) electrons. The fourth-order valence-electron chi connectivity index (χ4n) is 3.10. The summed E-state index contributed by atoms with van der Waals surface area (Å²) in [4.78, 5) is 25.3. The number of non-ortho nitro benzene ring substituents is 1. The molecule has 1 amide bonds. The number of hydrogen-bond donors (Lipinski definition) is 1. The molecule has 7 nitrogen and oxygen atoms in total. The molecule has 0 spiro atoms. The van der Waals surface area contributed by atoms with E-state index in [2.05, 4.69) is 5.32 Å². The zero-order chi connectivity index (χ0) is 20.1. The molecular weight excluding hydrogens is 378 g/mol. The third-order valence-electron chi connectivity index (χ3n) is 4.73. The van der Waals surface area contributed by atoms with E-state index in [1.807, 2.05) is 41.8 Å². The SMILES string of the molecule is COc1ccc([N+](=O)[O-])cc1CNc1cc(C(=O)N2CCSCC2)ccc1C. The van der Waals surface area contributed by atoms with Gasteiger partial charge in [0.25, 0.3) is 11.6 Å². The molecular formula is C20H23N3O4S. The second kappa shape index (κ2) is 8.97. The number of benzene rings is 2.